The molecule has 1 fully saturated rings. The van der Waals surface area contributed by atoms with Gasteiger partial charge in [-0.1, -0.05) is 53.7 Å². The standard InChI is InChI=1S/C41H65N5O12/c1-21(2)18-28-35(49)42-24(7)38(52)46(12)29(19-26-14-16-27(55-13)17-15-26)39(53)56-25(8)33(45-40(54)58-41(9,10)11)36(50)44-32(22(3)4)30(47)20-31(48)57-34(23(5)6)37(51)43-28/h14-17,21-25,28-30,32-34,47H,18-20H2,1-13H3,(H,42,49)(H,43,51)(H,44,50)(H,45,54)/t24-,25+,28-,29-,30-,32+,33-,34-/m0/s1. The van der Waals surface area contributed by atoms with Gasteiger partial charge in [0.05, 0.1) is 25.7 Å². The molecular formula is C41H65N5O12. The molecule has 0 radical (unpaired) electrons. The maximum Gasteiger partial charge on any atom is 0.408 e. The average molecular weight is 820 g/mol. The SMILES string of the molecule is COc1ccc(C[C@H]2C(=O)O[C@H](C)[C@H](NC(=O)OC(C)(C)C)C(=O)N[C@H](C(C)C)[C@@H](O)CC(=O)O[C@@H](C(C)C)C(=O)N[C@@H](CC(C)C)C(=O)N[C@@H](C)C(=O)N2C)cc1. The number of hydrogen-bond acceptors (Lipinski definition) is 12. The minimum absolute atomic E-state index is 0.0624. The van der Waals surface area contributed by atoms with Crippen molar-refractivity contribution in [1.82, 2.24) is 26.2 Å². The fourth-order valence-corrected chi connectivity index (χ4v) is 6.26. The first-order valence-corrected chi connectivity index (χ1v) is 19.7. The van der Waals surface area contributed by atoms with Crippen molar-refractivity contribution in [3.8, 4) is 5.75 Å². The van der Waals surface area contributed by atoms with Crippen LogP contribution in [0.5, 0.6) is 5.75 Å². The van der Waals surface area contributed by atoms with E-state index in [2.05, 4.69) is 21.3 Å². The molecule has 5 N–H and O–H groups in total. The number of aliphatic hydroxyl groups excluding tert-OH is 1. The molecule has 0 unspecified atom stereocenters. The van der Waals surface area contributed by atoms with E-state index >= 15 is 0 Å². The van der Waals surface area contributed by atoms with Gasteiger partial charge < -0.3 is 50.2 Å². The van der Waals surface area contributed by atoms with Crippen LogP contribution in [0.15, 0.2) is 24.3 Å². The van der Waals surface area contributed by atoms with Crippen LogP contribution >= 0.6 is 0 Å². The third-order valence-electron chi connectivity index (χ3n) is 9.41. The van der Waals surface area contributed by atoms with Crippen molar-refractivity contribution in [3.05, 3.63) is 29.8 Å². The number of carbonyl (C=O) groups excluding carboxylic acids is 7. The second-order valence-corrected chi connectivity index (χ2v) is 16.9. The molecule has 0 aliphatic carbocycles. The van der Waals surface area contributed by atoms with Gasteiger partial charge in [-0.05, 0) is 76.5 Å². The highest BCUT2D eigenvalue weighted by molar-refractivity contribution is 5.94. The summed E-state index contributed by atoms with van der Waals surface area (Å²) in [5.74, 6) is -5.48. The second-order valence-electron chi connectivity index (χ2n) is 16.9. The van der Waals surface area contributed by atoms with Crippen molar-refractivity contribution >= 4 is 41.7 Å². The lowest BCUT2D eigenvalue weighted by Gasteiger charge is -2.33. The molecule has 1 saturated heterocycles. The lowest BCUT2D eigenvalue weighted by atomic mass is 9.95. The van der Waals surface area contributed by atoms with Crippen molar-refractivity contribution in [2.45, 2.75) is 150 Å². The van der Waals surface area contributed by atoms with Gasteiger partial charge in [0.15, 0.2) is 6.10 Å². The number of hydrogen-bond donors (Lipinski definition) is 5. The van der Waals surface area contributed by atoms with Gasteiger partial charge in [0.25, 0.3) is 5.91 Å². The average Bonchev–Trinajstić information content (AvgIpc) is 3.11. The number of benzene rings is 1. The number of nitrogens with zero attached hydrogens (tertiary/aromatic N) is 1. The van der Waals surface area contributed by atoms with Crippen molar-refractivity contribution in [2.75, 3.05) is 14.2 Å². The molecule has 1 aliphatic heterocycles. The van der Waals surface area contributed by atoms with Crippen molar-refractivity contribution in [3.63, 3.8) is 0 Å². The summed E-state index contributed by atoms with van der Waals surface area (Å²) < 4.78 is 22.1. The summed E-state index contributed by atoms with van der Waals surface area (Å²) >= 11 is 0. The van der Waals surface area contributed by atoms with E-state index in [1.165, 1.54) is 28.0 Å². The van der Waals surface area contributed by atoms with Crippen LogP contribution in [-0.2, 0) is 49.4 Å². The Morgan fingerprint density at radius 2 is 1.50 bits per heavy atom. The van der Waals surface area contributed by atoms with Crippen LogP contribution in [0.1, 0.15) is 94.6 Å². The van der Waals surface area contributed by atoms with Crippen LogP contribution in [0, 0.1) is 17.8 Å². The zero-order valence-corrected chi connectivity index (χ0v) is 36.2. The largest absolute Gasteiger partial charge is 0.497 e. The topological polar surface area (TPSA) is 228 Å². The number of cyclic esters (lactones) is 2. The molecule has 58 heavy (non-hydrogen) atoms. The molecule has 326 valence electrons. The zero-order chi connectivity index (χ0) is 44.2. The number of rotatable bonds is 8. The third kappa shape index (κ3) is 15.1. The van der Waals surface area contributed by atoms with Gasteiger partial charge in [0.1, 0.15) is 41.6 Å². The summed E-state index contributed by atoms with van der Waals surface area (Å²) in [7, 11) is 2.87. The smallest absolute Gasteiger partial charge is 0.408 e. The number of likely N-dealkylation sites (N-methyl/N-ethyl adjacent to an activating group) is 1. The molecule has 1 aromatic carbocycles. The minimum atomic E-state index is -1.60. The predicted molar refractivity (Wildman–Crippen MR) is 213 cm³/mol. The highest BCUT2D eigenvalue weighted by Gasteiger charge is 2.40. The number of esters is 2. The first kappa shape index (κ1) is 49.2. The summed E-state index contributed by atoms with van der Waals surface area (Å²) in [4.78, 5) is 97.0. The molecule has 8 atom stereocenters. The summed E-state index contributed by atoms with van der Waals surface area (Å²) in [6, 6.07) is 0.415. The lowest BCUT2D eigenvalue weighted by Crippen LogP contribution is -2.59. The van der Waals surface area contributed by atoms with E-state index in [0.29, 0.717) is 11.3 Å². The molecule has 17 heteroatoms. The maximum absolute atomic E-state index is 14.2. The molecule has 0 spiro atoms. The normalized spacial score (nSPS) is 26.5. The van der Waals surface area contributed by atoms with Gasteiger partial charge in [-0.15, -0.1) is 0 Å². The maximum atomic E-state index is 14.2. The van der Waals surface area contributed by atoms with E-state index in [4.69, 9.17) is 18.9 Å². The van der Waals surface area contributed by atoms with E-state index in [0.717, 1.165) is 4.90 Å². The fourth-order valence-electron chi connectivity index (χ4n) is 6.26. The van der Waals surface area contributed by atoms with Crippen molar-refractivity contribution in [1.29, 1.82) is 0 Å². The fraction of sp³-hybridized carbons (Fsp3) is 0.683. The summed E-state index contributed by atoms with van der Waals surface area (Å²) in [6.07, 6.45) is -5.81. The number of aliphatic hydroxyl groups is 1. The highest BCUT2D eigenvalue weighted by Crippen LogP contribution is 2.20. The number of carbonyl (C=O) groups is 7. The molecule has 0 saturated carbocycles. The number of methoxy groups -OCH3 is 1. The van der Waals surface area contributed by atoms with Crippen LogP contribution in [0.4, 0.5) is 4.79 Å². The Kier molecular flexibility index (Phi) is 18.4. The van der Waals surface area contributed by atoms with Gasteiger partial charge in [0, 0.05) is 13.5 Å². The molecule has 17 nitrogen and oxygen atoms in total. The van der Waals surface area contributed by atoms with Crippen LogP contribution in [-0.4, -0.2) is 120 Å². The van der Waals surface area contributed by atoms with E-state index in [1.54, 1.807) is 72.7 Å². The number of amides is 5. The summed E-state index contributed by atoms with van der Waals surface area (Å²) in [5.41, 5.74) is -0.356. The first-order chi connectivity index (χ1) is 26.8. The summed E-state index contributed by atoms with van der Waals surface area (Å²) in [6.45, 7) is 18.0. The van der Waals surface area contributed by atoms with E-state index in [9.17, 15) is 38.7 Å². The van der Waals surface area contributed by atoms with Gasteiger partial charge >= 0.3 is 18.0 Å². The molecular weight excluding hydrogens is 754 g/mol. The first-order valence-electron chi connectivity index (χ1n) is 19.7. The molecule has 2 rings (SSSR count). The van der Waals surface area contributed by atoms with Crippen LogP contribution < -0.4 is 26.0 Å². The quantitative estimate of drug-likeness (QED) is 0.188. The van der Waals surface area contributed by atoms with Crippen molar-refractivity contribution < 1.29 is 57.6 Å². The number of ether oxygens (including phenoxy) is 4. The molecule has 5 amide bonds. The summed E-state index contributed by atoms with van der Waals surface area (Å²) in [5, 5.41) is 21.7. The predicted octanol–water partition coefficient (Wildman–Crippen LogP) is 2.40. The molecule has 1 aliphatic rings. The Labute approximate surface area is 342 Å². The van der Waals surface area contributed by atoms with Crippen molar-refractivity contribution in [2.24, 2.45) is 17.8 Å². The third-order valence-corrected chi connectivity index (χ3v) is 9.41. The van der Waals surface area contributed by atoms with E-state index in [-0.39, 0.29) is 18.8 Å². The number of alkyl carbamates (subject to hydrolysis) is 1. The van der Waals surface area contributed by atoms with Gasteiger partial charge in [-0.25, -0.2) is 9.59 Å². The Balaban J connectivity index is 2.73. The molecule has 0 bridgehead atoms. The monoisotopic (exact) mass is 819 g/mol. The Morgan fingerprint density at radius 3 is 2.02 bits per heavy atom. The minimum Gasteiger partial charge on any atom is -0.497 e. The van der Waals surface area contributed by atoms with Crippen LogP contribution in [0.2, 0.25) is 0 Å². The molecule has 1 heterocycles. The van der Waals surface area contributed by atoms with E-state index < -0.39 is 114 Å². The lowest BCUT2D eigenvalue weighted by molar-refractivity contribution is -0.162. The van der Waals surface area contributed by atoms with Gasteiger partial charge in [-0.3, -0.25) is 24.0 Å². The molecule has 0 aromatic heterocycles. The van der Waals surface area contributed by atoms with Crippen LogP contribution in [0.3, 0.4) is 0 Å². The van der Waals surface area contributed by atoms with E-state index in [1.807, 2.05) is 13.8 Å². The number of nitrogens with one attached hydrogen (secondary N) is 4. The Hall–Kier alpha value is -4.93. The zero-order valence-electron chi connectivity index (χ0n) is 36.2. The van der Waals surface area contributed by atoms with Gasteiger partial charge in [-0.2, -0.15) is 0 Å². The second kappa shape index (κ2) is 21.7. The highest BCUT2D eigenvalue weighted by atomic mass is 16.6. The Bertz CT molecular complexity index is 1590. The Morgan fingerprint density at radius 1 is 0.897 bits per heavy atom. The van der Waals surface area contributed by atoms with Crippen LogP contribution in [0.25, 0.3) is 0 Å². The van der Waals surface area contributed by atoms with Gasteiger partial charge in [0.2, 0.25) is 17.7 Å². The molecule has 1 aromatic rings.